The van der Waals surface area contributed by atoms with Gasteiger partial charge in [-0.25, -0.2) is 0 Å². The number of hydrogen-bond donors (Lipinski definition) is 0. The first-order valence-corrected chi connectivity index (χ1v) is 3.02. The molecule has 0 N–H and O–H groups in total. The SMILES string of the molecule is C=C1CC[C@H](OC)C1. The van der Waals surface area contributed by atoms with Crippen LogP contribution >= 0.6 is 0 Å². The molecule has 1 aliphatic carbocycles. The second-order valence-electron chi connectivity index (χ2n) is 2.35. The van der Waals surface area contributed by atoms with Gasteiger partial charge >= 0.3 is 0 Å². The molecule has 0 bridgehead atoms. The van der Waals surface area contributed by atoms with Crippen LogP contribution in [-0.4, -0.2) is 13.2 Å². The summed E-state index contributed by atoms with van der Waals surface area (Å²) in [5, 5.41) is 0. The van der Waals surface area contributed by atoms with Gasteiger partial charge in [0, 0.05) is 7.11 Å². The molecule has 0 aliphatic heterocycles. The summed E-state index contributed by atoms with van der Waals surface area (Å²) in [5.74, 6) is 0. The summed E-state index contributed by atoms with van der Waals surface area (Å²) in [6, 6.07) is 0. The molecule has 0 unspecified atom stereocenters. The molecule has 0 radical (unpaired) electrons. The minimum Gasteiger partial charge on any atom is -0.381 e. The molecule has 1 nitrogen and oxygen atoms in total. The van der Waals surface area contributed by atoms with E-state index in [1.54, 1.807) is 7.11 Å². The fraction of sp³-hybridized carbons (Fsp3) is 0.714. The van der Waals surface area contributed by atoms with Crippen molar-refractivity contribution in [3.63, 3.8) is 0 Å². The lowest BCUT2D eigenvalue weighted by atomic mass is 10.3. The largest absolute Gasteiger partial charge is 0.381 e. The van der Waals surface area contributed by atoms with Crippen LogP contribution in [0.1, 0.15) is 19.3 Å². The van der Waals surface area contributed by atoms with Gasteiger partial charge in [-0.3, -0.25) is 0 Å². The minimum absolute atomic E-state index is 0.475. The van der Waals surface area contributed by atoms with Gasteiger partial charge in [0.1, 0.15) is 0 Å². The van der Waals surface area contributed by atoms with Crippen molar-refractivity contribution in [3.8, 4) is 0 Å². The third-order valence-corrected chi connectivity index (χ3v) is 1.67. The summed E-state index contributed by atoms with van der Waals surface area (Å²) in [6.45, 7) is 3.87. The van der Waals surface area contributed by atoms with Crippen LogP contribution in [0.25, 0.3) is 0 Å². The molecule has 8 heavy (non-hydrogen) atoms. The van der Waals surface area contributed by atoms with Gasteiger partial charge in [-0.15, -0.1) is 0 Å². The molecule has 0 amide bonds. The maximum atomic E-state index is 5.12. The Hall–Kier alpha value is -0.300. The van der Waals surface area contributed by atoms with Crippen molar-refractivity contribution in [2.75, 3.05) is 7.11 Å². The smallest absolute Gasteiger partial charge is 0.0611 e. The van der Waals surface area contributed by atoms with Crippen molar-refractivity contribution in [3.05, 3.63) is 12.2 Å². The van der Waals surface area contributed by atoms with E-state index in [0.717, 1.165) is 6.42 Å². The molecule has 0 aromatic heterocycles. The summed E-state index contributed by atoms with van der Waals surface area (Å²) in [6.07, 6.45) is 3.90. The van der Waals surface area contributed by atoms with Gasteiger partial charge < -0.3 is 4.74 Å². The van der Waals surface area contributed by atoms with Gasteiger partial charge in [0.05, 0.1) is 6.10 Å². The van der Waals surface area contributed by atoms with Crippen LogP contribution in [0.3, 0.4) is 0 Å². The molecule has 1 aliphatic rings. The summed E-state index contributed by atoms with van der Waals surface area (Å²) >= 11 is 0. The second-order valence-corrected chi connectivity index (χ2v) is 2.35. The highest BCUT2D eigenvalue weighted by Gasteiger charge is 2.15. The number of rotatable bonds is 1. The van der Waals surface area contributed by atoms with Gasteiger partial charge in [0.25, 0.3) is 0 Å². The summed E-state index contributed by atoms with van der Waals surface area (Å²) < 4.78 is 5.12. The molecule has 0 aromatic rings. The topological polar surface area (TPSA) is 9.23 Å². The average Bonchev–Trinajstić information content (AvgIpc) is 2.14. The Morgan fingerprint density at radius 1 is 1.75 bits per heavy atom. The monoisotopic (exact) mass is 112 g/mol. The Labute approximate surface area is 50.3 Å². The van der Waals surface area contributed by atoms with Gasteiger partial charge in [-0.05, 0) is 19.3 Å². The highest BCUT2D eigenvalue weighted by molar-refractivity contribution is 5.02. The van der Waals surface area contributed by atoms with Crippen molar-refractivity contribution in [1.82, 2.24) is 0 Å². The number of methoxy groups -OCH3 is 1. The van der Waals surface area contributed by atoms with E-state index in [1.807, 2.05) is 0 Å². The normalized spacial score (nSPS) is 29.1. The maximum absolute atomic E-state index is 5.12. The standard InChI is InChI=1S/C7H12O/c1-6-3-4-7(5-6)8-2/h7H,1,3-5H2,2H3/t7-/m0/s1. The van der Waals surface area contributed by atoms with E-state index >= 15 is 0 Å². The predicted molar refractivity (Wildman–Crippen MR) is 33.8 cm³/mol. The van der Waals surface area contributed by atoms with Crippen LogP contribution in [-0.2, 0) is 4.74 Å². The van der Waals surface area contributed by atoms with Crippen molar-refractivity contribution in [2.24, 2.45) is 0 Å². The van der Waals surface area contributed by atoms with E-state index < -0.39 is 0 Å². The molecule has 0 heterocycles. The van der Waals surface area contributed by atoms with Gasteiger partial charge in [0.15, 0.2) is 0 Å². The molecule has 1 saturated carbocycles. The molecule has 0 saturated heterocycles. The molecule has 0 aromatic carbocycles. The molecule has 1 fully saturated rings. The molecular weight excluding hydrogens is 100 g/mol. The Morgan fingerprint density at radius 2 is 2.50 bits per heavy atom. The lowest BCUT2D eigenvalue weighted by molar-refractivity contribution is 0.111. The van der Waals surface area contributed by atoms with Crippen molar-refractivity contribution in [1.29, 1.82) is 0 Å². The second kappa shape index (κ2) is 2.31. The molecule has 46 valence electrons. The quantitative estimate of drug-likeness (QED) is 0.469. The Kier molecular flexibility index (Phi) is 1.69. The van der Waals surface area contributed by atoms with E-state index in [1.165, 1.54) is 18.4 Å². The zero-order valence-corrected chi connectivity index (χ0v) is 5.31. The van der Waals surface area contributed by atoms with E-state index in [2.05, 4.69) is 6.58 Å². The van der Waals surface area contributed by atoms with Crippen molar-refractivity contribution >= 4 is 0 Å². The first kappa shape index (κ1) is 5.83. The van der Waals surface area contributed by atoms with Gasteiger partial charge in [-0.2, -0.15) is 0 Å². The molecule has 1 rings (SSSR count). The highest BCUT2D eigenvalue weighted by Crippen LogP contribution is 2.24. The van der Waals surface area contributed by atoms with E-state index in [0.29, 0.717) is 6.10 Å². The van der Waals surface area contributed by atoms with Crippen molar-refractivity contribution in [2.45, 2.75) is 25.4 Å². The van der Waals surface area contributed by atoms with Gasteiger partial charge in [-0.1, -0.05) is 12.2 Å². The lowest BCUT2D eigenvalue weighted by Gasteiger charge is -2.02. The van der Waals surface area contributed by atoms with Gasteiger partial charge in [0.2, 0.25) is 0 Å². The van der Waals surface area contributed by atoms with Crippen LogP contribution in [0.4, 0.5) is 0 Å². The highest BCUT2D eigenvalue weighted by atomic mass is 16.5. The summed E-state index contributed by atoms with van der Waals surface area (Å²) in [5.41, 5.74) is 1.34. The maximum Gasteiger partial charge on any atom is 0.0611 e. The van der Waals surface area contributed by atoms with Crippen LogP contribution in [0.15, 0.2) is 12.2 Å². The fourth-order valence-corrected chi connectivity index (χ4v) is 1.09. The Balaban J connectivity index is 2.32. The zero-order valence-electron chi connectivity index (χ0n) is 5.31. The molecule has 1 atom stereocenters. The molecule has 0 spiro atoms. The first-order valence-electron chi connectivity index (χ1n) is 3.02. The average molecular weight is 112 g/mol. The van der Waals surface area contributed by atoms with Crippen LogP contribution in [0, 0.1) is 0 Å². The Morgan fingerprint density at radius 3 is 2.75 bits per heavy atom. The third kappa shape index (κ3) is 1.10. The predicted octanol–water partition coefficient (Wildman–Crippen LogP) is 1.74. The fourth-order valence-electron chi connectivity index (χ4n) is 1.09. The summed E-state index contributed by atoms with van der Waals surface area (Å²) in [4.78, 5) is 0. The number of ether oxygens (including phenoxy) is 1. The van der Waals surface area contributed by atoms with Crippen LogP contribution < -0.4 is 0 Å². The van der Waals surface area contributed by atoms with Crippen LogP contribution in [0.5, 0.6) is 0 Å². The summed E-state index contributed by atoms with van der Waals surface area (Å²) in [7, 11) is 1.77. The lowest BCUT2D eigenvalue weighted by Crippen LogP contribution is -2.01. The zero-order chi connectivity index (χ0) is 5.98. The van der Waals surface area contributed by atoms with E-state index in [4.69, 9.17) is 4.74 Å². The minimum atomic E-state index is 0.475. The number of hydrogen-bond acceptors (Lipinski definition) is 1. The Bertz CT molecular complexity index is 96.6. The van der Waals surface area contributed by atoms with E-state index in [9.17, 15) is 0 Å². The molecule has 1 heteroatoms. The van der Waals surface area contributed by atoms with Crippen LogP contribution in [0.2, 0.25) is 0 Å². The first-order chi connectivity index (χ1) is 3.83. The van der Waals surface area contributed by atoms with Crippen molar-refractivity contribution < 1.29 is 4.74 Å². The molecular formula is C7H12O. The third-order valence-electron chi connectivity index (χ3n) is 1.67. The van der Waals surface area contributed by atoms with E-state index in [-0.39, 0.29) is 0 Å².